The minimum absolute atomic E-state index is 0.465. The Morgan fingerprint density at radius 2 is 1.89 bits per heavy atom. The van der Waals surface area contributed by atoms with E-state index < -0.39 is 0 Å². The molecule has 0 aliphatic rings. The zero-order valence-corrected chi connectivity index (χ0v) is 12.4. The van der Waals surface area contributed by atoms with Crippen molar-refractivity contribution in [2.75, 3.05) is 0 Å². The molecule has 0 bridgehead atoms. The van der Waals surface area contributed by atoms with Gasteiger partial charge in [0, 0.05) is 23.7 Å². The zero-order valence-electron chi connectivity index (χ0n) is 12.4. The van der Waals surface area contributed by atoms with E-state index in [1.807, 2.05) is 0 Å². The molecule has 2 aromatic rings. The van der Waals surface area contributed by atoms with Gasteiger partial charge in [-0.15, -0.1) is 0 Å². The molecule has 0 saturated carbocycles. The second-order valence-corrected chi connectivity index (χ2v) is 5.57. The van der Waals surface area contributed by atoms with Crippen molar-refractivity contribution < 1.29 is 0 Å². The van der Waals surface area contributed by atoms with E-state index in [1.165, 1.54) is 16.6 Å². The molecule has 1 atom stereocenters. The summed E-state index contributed by atoms with van der Waals surface area (Å²) in [5.41, 5.74) is 3.64. The summed E-state index contributed by atoms with van der Waals surface area (Å²) in [6.07, 6.45) is 1.15. The average Bonchev–Trinajstić information content (AvgIpc) is 2.43. The molecule has 0 radical (unpaired) electrons. The van der Waals surface area contributed by atoms with Crippen molar-refractivity contribution >= 4 is 10.9 Å². The molecule has 1 aromatic carbocycles. The summed E-state index contributed by atoms with van der Waals surface area (Å²) in [6, 6.07) is 11.2. The van der Waals surface area contributed by atoms with E-state index in [1.54, 1.807) is 0 Å². The Balaban J connectivity index is 2.39. The summed E-state index contributed by atoms with van der Waals surface area (Å²) in [6.45, 7) is 9.75. The number of nitrogens with one attached hydrogen (secondary N) is 1. The fourth-order valence-corrected chi connectivity index (χ4v) is 2.14. The second-order valence-electron chi connectivity index (χ2n) is 5.57. The molecule has 19 heavy (non-hydrogen) atoms. The highest BCUT2D eigenvalue weighted by molar-refractivity contribution is 5.82. The van der Waals surface area contributed by atoms with Gasteiger partial charge < -0.3 is 5.32 Å². The minimum Gasteiger partial charge on any atom is -0.310 e. The van der Waals surface area contributed by atoms with Crippen molar-refractivity contribution in [1.82, 2.24) is 10.3 Å². The monoisotopic (exact) mass is 256 g/mol. The lowest BCUT2D eigenvalue weighted by Gasteiger charge is -2.15. The number of para-hydroxylation sites is 1. The Labute approximate surface area is 116 Å². The molecule has 2 heteroatoms. The maximum Gasteiger partial charge on any atom is 0.0708 e. The summed E-state index contributed by atoms with van der Waals surface area (Å²) in [4.78, 5) is 4.75. The average molecular weight is 256 g/mol. The molecule has 0 amide bonds. The van der Waals surface area contributed by atoms with Gasteiger partial charge in [-0.3, -0.25) is 4.98 Å². The first-order valence-corrected chi connectivity index (χ1v) is 7.23. The van der Waals surface area contributed by atoms with Gasteiger partial charge in [0.15, 0.2) is 0 Å². The van der Waals surface area contributed by atoms with Gasteiger partial charge in [-0.05, 0) is 37.0 Å². The van der Waals surface area contributed by atoms with Crippen LogP contribution in [0.4, 0.5) is 0 Å². The minimum atomic E-state index is 0.465. The van der Waals surface area contributed by atoms with Gasteiger partial charge in [0.1, 0.15) is 0 Å². The van der Waals surface area contributed by atoms with E-state index in [2.05, 4.69) is 63.3 Å². The predicted octanol–water partition coefficient (Wildman–Crippen LogP) is 4.25. The summed E-state index contributed by atoms with van der Waals surface area (Å²) in [5, 5.41) is 4.85. The van der Waals surface area contributed by atoms with E-state index >= 15 is 0 Å². The summed E-state index contributed by atoms with van der Waals surface area (Å²) >= 11 is 0. The Bertz CT molecular complexity index is 546. The number of nitrogens with zero attached hydrogens (tertiary/aromatic N) is 1. The van der Waals surface area contributed by atoms with Gasteiger partial charge >= 0.3 is 0 Å². The first-order chi connectivity index (χ1) is 9.11. The summed E-state index contributed by atoms with van der Waals surface area (Å²) in [7, 11) is 0. The Kier molecular flexibility index (Phi) is 4.54. The van der Waals surface area contributed by atoms with Gasteiger partial charge in [-0.1, -0.05) is 39.0 Å². The quantitative estimate of drug-likeness (QED) is 0.865. The van der Waals surface area contributed by atoms with E-state index in [9.17, 15) is 0 Å². The summed E-state index contributed by atoms with van der Waals surface area (Å²) < 4.78 is 0. The van der Waals surface area contributed by atoms with Crippen LogP contribution in [0.2, 0.25) is 0 Å². The van der Waals surface area contributed by atoms with Crippen molar-refractivity contribution in [3.8, 4) is 0 Å². The third-order valence-corrected chi connectivity index (χ3v) is 3.67. The topological polar surface area (TPSA) is 24.9 Å². The van der Waals surface area contributed by atoms with Gasteiger partial charge in [0.05, 0.1) is 5.52 Å². The highest BCUT2D eigenvalue weighted by atomic mass is 14.9. The number of benzene rings is 1. The van der Waals surface area contributed by atoms with Crippen LogP contribution < -0.4 is 5.32 Å². The molecule has 0 fully saturated rings. The molecule has 0 aliphatic carbocycles. The highest BCUT2D eigenvalue weighted by Gasteiger charge is 2.08. The molecular weight excluding hydrogens is 232 g/mol. The van der Waals surface area contributed by atoms with Crippen molar-refractivity contribution in [1.29, 1.82) is 0 Å². The van der Waals surface area contributed by atoms with Crippen LogP contribution in [-0.2, 0) is 6.54 Å². The number of fused-ring (bicyclic) bond motifs is 1. The van der Waals surface area contributed by atoms with Crippen LogP contribution in [0.5, 0.6) is 0 Å². The van der Waals surface area contributed by atoms with E-state index in [0.717, 1.165) is 18.5 Å². The Hall–Kier alpha value is -1.41. The second kappa shape index (κ2) is 6.16. The lowest BCUT2D eigenvalue weighted by Crippen LogP contribution is -2.24. The number of hydrogen-bond donors (Lipinski definition) is 1. The number of aromatic nitrogens is 1. The maximum absolute atomic E-state index is 4.75. The Morgan fingerprint density at radius 1 is 1.16 bits per heavy atom. The zero-order chi connectivity index (χ0) is 13.8. The first-order valence-electron chi connectivity index (χ1n) is 7.23. The van der Waals surface area contributed by atoms with Crippen LogP contribution in [-0.4, -0.2) is 11.0 Å². The standard InChI is InChI=1S/C17H24N2/c1-5-13(4)18-11-14-10-17(12(2)3)19-16-9-7-6-8-15(14)16/h6-10,12-13,18H,5,11H2,1-4H3. The first kappa shape index (κ1) is 14.0. The maximum atomic E-state index is 4.75. The van der Waals surface area contributed by atoms with Crippen molar-refractivity contribution in [2.24, 2.45) is 0 Å². The highest BCUT2D eigenvalue weighted by Crippen LogP contribution is 2.22. The molecule has 1 unspecified atom stereocenters. The lowest BCUT2D eigenvalue weighted by atomic mass is 10.0. The third-order valence-electron chi connectivity index (χ3n) is 3.67. The Morgan fingerprint density at radius 3 is 2.58 bits per heavy atom. The molecule has 0 saturated heterocycles. The van der Waals surface area contributed by atoms with Crippen LogP contribution in [0.15, 0.2) is 30.3 Å². The van der Waals surface area contributed by atoms with Gasteiger partial charge in [-0.25, -0.2) is 0 Å². The van der Waals surface area contributed by atoms with Crippen molar-refractivity contribution in [3.63, 3.8) is 0 Å². The molecule has 0 aliphatic heterocycles. The van der Waals surface area contributed by atoms with Crippen LogP contribution in [0.3, 0.4) is 0 Å². The molecule has 1 heterocycles. The van der Waals surface area contributed by atoms with Crippen molar-refractivity contribution in [3.05, 3.63) is 41.6 Å². The van der Waals surface area contributed by atoms with Crippen LogP contribution in [0.25, 0.3) is 10.9 Å². The molecule has 102 valence electrons. The van der Waals surface area contributed by atoms with Gasteiger partial charge in [0.2, 0.25) is 0 Å². The molecule has 0 spiro atoms. The van der Waals surface area contributed by atoms with Crippen LogP contribution in [0.1, 0.15) is 51.3 Å². The SMILES string of the molecule is CCC(C)NCc1cc(C(C)C)nc2ccccc12. The van der Waals surface area contributed by atoms with Crippen molar-refractivity contribution in [2.45, 2.75) is 52.6 Å². The molecule has 2 nitrogen and oxygen atoms in total. The normalized spacial score (nSPS) is 13.1. The fraction of sp³-hybridized carbons (Fsp3) is 0.471. The largest absolute Gasteiger partial charge is 0.310 e. The van der Waals surface area contributed by atoms with E-state index in [-0.39, 0.29) is 0 Å². The lowest BCUT2D eigenvalue weighted by molar-refractivity contribution is 0.535. The van der Waals surface area contributed by atoms with Crippen LogP contribution in [0, 0.1) is 0 Å². The third kappa shape index (κ3) is 3.32. The predicted molar refractivity (Wildman–Crippen MR) is 82.4 cm³/mol. The number of pyridine rings is 1. The smallest absolute Gasteiger partial charge is 0.0708 e. The number of rotatable bonds is 5. The van der Waals surface area contributed by atoms with E-state index in [0.29, 0.717) is 12.0 Å². The molecule has 1 aromatic heterocycles. The van der Waals surface area contributed by atoms with Gasteiger partial charge in [-0.2, -0.15) is 0 Å². The van der Waals surface area contributed by atoms with Gasteiger partial charge in [0.25, 0.3) is 0 Å². The molecule has 2 rings (SSSR count). The molecular formula is C17H24N2. The molecule has 1 N–H and O–H groups in total. The van der Waals surface area contributed by atoms with Crippen LogP contribution >= 0.6 is 0 Å². The summed E-state index contributed by atoms with van der Waals surface area (Å²) in [5.74, 6) is 0.465. The fourth-order valence-electron chi connectivity index (χ4n) is 2.14. The number of hydrogen-bond acceptors (Lipinski definition) is 2. The van der Waals surface area contributed by atoms with E-state index in [4.69, 9.17) is 4.98 Å².